The summed E-state index contributed by atoms with van der Waals surface area (Å²) in [5.41, 5.74) is 1.48. The van der Waals surface area contributed by atoms with Crippen molar-refractivity contribution in [2.75, 3.05) is 13.7 Å². The van der Waals surface area contributed by atoms with Gasteiger partial charge in [-0.05, 0) is 48.0 Å². The van der Waals surface area contributed by atoms with E-state index in [9.17, 15) is 4.79 Å². The smallest absolute Gasteiger partial charge is 0.185 e. The minimum absolute atomic E-state index is 0.0190. The fourth-order valence-corrected chi connectivity index (χ4v) is 1.81. The molecular weight excluding hydrogens is 278 g/mol. The van der Waals surface area contributed by atoms with E-state index < -0.39 is 0 Å². The highest BCUT2D eigenvalue weighted by molar-refractivity contribution is 6.06. The second kappa shape index (κ2) is 7.65. The molecule has 0 aliphatic heterocycles. The number of methoxy groups -OCH3 is 1. The number of nitriles is 1. The van der Waals surface area contributed by atoms with E-state index in [-0.39, 0.29) is 12.4 Å². The number of carbonyl (C=O) groups excluding carboxylic acids is 1. The summed E-state index contributed by atoms with van der Waals surface area (Å²) in [7, 11) is 1.58. The van der Waals surface area contributed by atoms with E-state index in [1.54, 1.807) is 49.6 Å². The molecule has 2 rings (SSSR count). The van der Waals surface area contributed by atoms with Gasteiger partial charge in [0.05, 0.1) is 7.11 Å². The van der Waals surface area contributed by atoms with E-state index >= 15 is 0 Å². The lowest BCUT2D eigenvalue weighted by Gasteiger charge is -2.01. The molecule has 22 heavy (non-hydrogen) atoms. The highest BCUT2D eigenvalue weighted by Crippen LogP contribution is 2.15. The Morgan fingerprint density at radius 2 is 1.73 bits per heavy atom. The van der Waals surface area contributed by atoms with Crippen molar-refractivity contribution in [2.45, 2.75) is 0 Å². The van der Waals surface area contributed by atoms with Gasteiger partial charge in [0.1, 0.15) is 17.6 Å². The summed E-state index contributed by atoms with van der Waals surface area (Å²) in [4.78, 5) is 12.0. The van der Waals surface area contributed by atoms with Gasteiger partial charge in [0.2, 0.25) is 0 Å². The van der Waals surface area contributed by atoms with Crippen LogP contribution in [0.25, 0.3) is 6.08 Å². The van der Waals surface area contributed by atoms with Crippen molar-refractivity contribution in [3.8, 4) is 17.6 Å². The standard InChI is InChI=1S/C18H15NO3/c1-21-16-9-5-15(6-10-16)18(20)11-4-14-2-7-17(8-3-14)22-13-12-19/h2-11H,13H2,1H3/b11-4-. The predicted octanol–water partition coefficient (Wildman–Crippen LogP) is 3.49. The fourth-order valence-electron chi connectivity index (χ4n) is 1.81. The Balaban J connectivity index is 2.01. The van der Waals surface area contributed by atoms with Crippen LogP contribution in [0.1, 0.15) is 15.9 Å². The molecule has 0 bridgehead atoms. The van der Waals surface area contributed by atoms with Crippen LogP contribution in [0.5, 0.6) is 11.5 Å². The first-order valence-corrected chi connectivity index (χ1v) is 6.69. The van der Waals surface area contributed by atoms with Crippen LogP contribution >= 0.6 is 0 Å². The molecule has 0 atom stereocenters. The second-order valence-electron chi connectivity index (χ2n) is 4.44. The van der Waals surface area contributed by atoms with Gasteiger partial charge in [-0.15, -0.1) is 0 Å². The van der Waals surface area contributed by atoms with Crippen molar-refractivity contribution in [2.24, 2.45) is 0 Å². The average molecular weight is 293 g/mol. The number of hydrogen-bond donors (Lipinski definition) is 0. The van der Waals surface area contributed by atoms with Gasteiger partial charge in [-0.3, -0.25) is 4.79 Å². The van der Waals surface area contributed by atoms with E-state index in [4.69, 9.17) is 14.7 Å². The van der Waals surface area contributed by atoms with Crippen molar-refractivity contribution < 1.29 is 14.3 Å². The Labute approximate surface area is 129 Å². The van der Waals surface area contributed by atoms with Gasteiger partial charge >= 0.3 is 0 Å². The summed E-state index contributed by atoms with van der Waals surface area (Å²) >= 11 is 0. The number of hydrogen-bond acceptors (Lipinski definition) is 4. The predicted molar refractivity (Wildman–Crippen MR) is 83.9 cm³/mol. The maximum Gasteiger partial charge on any atom is 0.185 e. The Morgan fingerprint density at radius 3 is 2.32 bits per heavy atom. The molecule has 110 valence electrons. The van der Waals surface area contributed by atoms with Crippen LogP contribution in [0.4, 0.5) is 0 Å². The number of ether oxygens (including phenoxy) is 2. The third-order valence-electron chi connectivity index (χ3n) is 2.99. The first-order valence-electron chi connectivity index (χ1n) is 6.69. The maximum absolute atomic E-state index is 12.0. The van der Waals surface area contributed by atoms with E-state index in [0.29, 0.717) is 17.1 Å². The molecule has 0 unspecified atom stereocenters. The van der Waals surface area contributed by atoms with E-state index in [1.807, 2.05) is 18.2 Å². The molecule has 0 aliphatic rings. The van der Waals surface area contributed by atoms with Crippen LogP contribution in [0.2, 0.25) is 0 Å². The van der Waals surface area contributed by atoms with Crippen molar-refractivity contribution >= 4 is 11.9 Å². The molecule has 2 aromatic rings. The van der Waals surface area contributed by atoms with Gasteiger partial charge in [-0.1, -0.05) is 18.2 Å². The number of benzene rings is 2. The van der Waals surface area contributed by atoms with Crippen molar-refractivity contribution in [3.63, 3.8) is 0 Å². The van der Waals surface area contributed by atoms with Gasteiger partial charge in [0.25, 0.3) is 0 Å². The lowest BCUT2D eigenvalue weighted by molar-refractivity contribution is 0.104. The number of ketones is 1. The third-order valence-corrected chi connectivity index (χ3v) is 2.99. The van der Waals surface area contributed by atoms with Gasteiger partial charge < -0.3 is 9.47 Å². The Hall–Kier alpha value is -3.06. The molecule has 0 aromatic heterocycles. The molecule has 0 saturated carbocycles. The Kier molecular flexibility index (Phi) is 5.33. The van der Waals surface area contributed by atoms with Gasteiger partial charge in [-0.25, -0.2) is 0 Å². The molecule has 2 aromatic carbocycles. The molecule has 0 radical (unpaired) electrons. The Bertz CT molecular complexity index is 695. The summed E-state index contributed by atoms with van der Waals surface area (Å²) in [5, 5.41) is 8.44. The molecule has 0 N–H and O–H groups in total. The number of rotatable bonds is 6. The zero-order chi connectivity index (χ0) is 15.8. The first kappa shape index (κ1) is 15.3. The lowest BCUT2D eigenvalue weighted by atomic mass is 10.1. The molecule has 0 aliphatic carbocycles. The SMILES string of the molecule is COc1ccc(C(=O)/C=C\c2ccc(OCC#N)cc2)cc1. The van der Waals surface area contributed by atoms with Gasteiger partial charge in [0.15, 0.2) is 12.4 Å². The first-order chi connectivity index (χ1) is 10.7. The van der Waals surface area contributed by atoms with Gasteiger partial charge in [0, 0.05) is 5.56 Å². The quantitative estimate of drug-likeness (QED) is 0.604. The molecule has 4 heteroatoms. The summed E-state index contributed by atoms with van der Waals surface area (Å²) in [6.45, 7) is 0.0190. The zero-order valence-corrected chi connectivity index (χ0v) is 12.2. The van der Waals surface area contributed by atoms with Gasteiger partial charge in [-0.2, -0.15) is 5.26 Å². The molecule has 0 amide bonds. The normalized spacial score (nSPS) is 10.2. The fraction of sp³-hybridized carbons (Fsp3) is 0.111. The molecule has 0 saturated heterocycles. The van der Waals surface area contributed by atoms with Crippen LogP contribution in [0.3, 0.4) is 0 Å². The van der Waals surface area contributed by atoms with E-state index in [1.165, 1.54) is 6.08 Å². The summed E-state index contributed by atoms with van der Waals surface area (Å²) in [6, 6.07) is 16.0. The number of nitrogens with zero attached hydrogens (tertiary/aromatic N) is 1. The molecule has 0 heterocycles. The minimum Gasteiger partial charge on any atom is -0.497 e. The van der Waals surface area contributed by atoms with Crippen molar-refractivity contribution in [1.82, 2.24) is 0 Å². The molecule has 0 spiro atoms. The third kappa shape index (κ3) is 4.22. The van der Waals surface area contributed by atoms with E-state index in [2.05, 4.69) is 0 Å². The topological polar surface area (TPSA) is 59.3 Å². The highest BCUT2D eigenvalue weighted by atomic mass is 16.5. The molecular formula is C18H15NO3. The second-order valence-corrected chi connectivity index (χ2v) is 4.44. The van der Waals surface area contributed by atoms with Crippen LogP contribution in [0, 0.1) is 11.3 Å². The maximum atomic E-state index is 12.0. The Morgan fingerprint density at radius 1 is 1.09 bits per heavy atom. The minimum atomic E-state index is -0.0764. The zero-order valence-electron chi connectivity index (χ0n) is 12.2. The van der Waals surface area contributed by atoms with Crippen molar-refractivity contribution in [1.29, 1.82) is 5.26 Å². The summed E-state index contributed by atoms with van der Waals surface area (Å²) in [6.07, 6.45) is 3.26. The number of allylic oxidation sites excluding steroid dienone is 1. The van der Waals surface area contributed by atoms with Crippen LogP contribution < -0.4 is 9.47 Å². The van der Waals surface area contributed by atoms with Crippen LogP contribution in [0.15, 0.2) is 54.6 Å². The number of carbonyl (C=O) groups is 1. The lowest BCUT2D eigenvalue weighted by Crippen LogP contribution is -1.94. The monoisotopic (exact) mass is 293 g/mol. The summed E-state index contributed by atoms with van der Waals surface area (Å²) < 4.78 is 10.2. The molecule has 0 fully saturated rings. The highest BCUT2D eigenvalue weighted by Gasteiger charge is 2.01. The largest absolute Gasteiger partial charge is 0.497 e. The average Bonchev–Trinajstić information content (AvgIpc) is 2.58. The van der Waals surface area contributed by atoms with Crippen LogP contribution in [-0.2, 0) is 0 Å². The van der Waals surface area contributed by atoms with Crippen molar-refractivity contribution in [3.05, 3.63) is 65.7 Å². The van der Waals surface area contributed by atoms with Crippen LogP contribution in [-0.4, -0.2) is 19.5 Å². The van der Waals surface area contributed by atoms with E-state index in [0.717, 1.165) is 5.56 Å². The molecule has 4 nitrogen and oxygen atoms in total. The summed E-state index contributed by atoms with van der Waals surface area (Å²) in [5.74, 6) is 1.26.